The van der Waals surface area contributed by atoms with Crippen molar-refractivity contribution in [3.63, 3.8) is 0 Å². The molecule has 0 fully saturated rings. The highest BCUT2D eigenvalue weighted by Gasteiger charge is 2.16. The lowest BCUT2D eigenvalue weighted by Gasteiger charge is -2.11. The lowest BCUT2D eigenvalue weighted by atomic mass is 10.0. The Bertz CT molecular complexity index is 732. The van der Waals surface area contributed by atoms with Gasteiger partial charge in [0.1, 0.15) is 0 Å². The molecule has 3 rings (SSSR count). The van der Waals surface area contributed by atoms with E-state index in [9.17, 15) is 0 Å². The first-order chi connectivity index (χ1) is 9.15. The summed E-state index contributed by atoms with van der Waals surface area (Å²) >= 11 is 11.9. The zero-order valence-electron chi connectivity index (χ0n) is 10.4. The normalized spacial score (nSPS) is 12.8. The highest BCUT2D eigenvalue weighted by atomic mass is 79.9. The maximum Gasteiger partial charge on any atom is 0.0846 e. The van der Waals surface area contributed by atoms with Gasteiger partial charge in [-0.1, -0.05) is 36.4 Å². The quantitative estimate of drug-likeness (QED) is 0.475. The molecule has 0 radical (unpaired) electrons. The Hall–Kier alpha value is -0.830. The lowest BCUT2D eigenvalue weighted by molar-refractivity contribution is 1.14. The monoisotopic (exact) mass is 350 g/mol. The Labute approximate surface area is 130 Å². The van der Waals surface area contributed by atoms with Gasteiger partial charge in [-0.15, -0.1) is 22.9 Å². The van der Waals surface area contributed by atoms with E-state index in [0.717, 1.165) is 9.35 Å². The molecule has 0 aliphatic rings. The van der Waals surface area contributed by atoms with Crippen LogP contribution in [0.3, 0.4) is 0 Å². The van der Waals surface area contributed by atoms with Crippen LogP contribution in [0.4, 0.5) is 0 Å². The number of rotatable bonds is 2. The largest absolute Gasteiger partial charge is 0.133 e. The van der Waals surface area contributed by atoms with Crippen molar-refractivity contribution in [2.45, 2.75) is 12.3 Å². The zero-order chi connectivity index (χ0) is 13.4. The van der Waals surface area contributed by atoms with Crippen LogP contribution < -0.4 is 0 Å². The summed E-state index contributed by atoms with van der Waals surface area (Å²) in [5.41, 5.74) is 2.34. The molecule has 1 atom stereocenters. The molecular formula is C16H12BrClS. The summed E-state index contributed by atoms with van der Waals surface area (Å²) in [6.07, 6.45) is 0. The van der Waals surface area contributed by atoms with Gasteiger partial charge < -0.3 is 0 Å². The number of thiophene rings is 1. The fraction of sp³-hybridized carbons (Fsp3) is 0.125. The number of hydrogen-bond donors (Lipinski definition) is 0. The minimum absolute atomic E-state index is 0.0906. The first-order valence-corrected chi connectivity index (χ1v) is 8.08. The van der Waals surface area contributed by atoms with Crippen LogP contribution in [-0.4, -0.2) is 0 Å². The molecule has 19 heavy (non-hydrogen) atoms. The van der Waals surface area contributed by atoms with Crippen molar-refractivity contribution < 1.29 is 0 Å². The molecule has 1 heterocycles. The van der Waals surface area contributed by atoms with E-state index in [1.54, 1.807) is 11.3 Å². The van der Waals surface area contributed by atoms with E-state index in [2.05, 4.69) is 71.4 Å². The molecule has 0 spiro atoms. The Kier molecular flexibility index (Phi) is 3.66. The van der Waals surface area contributed by atoms with Crippen LogP contribution in [0, 0.1) is 6.92 Å². The first kappa shape index (κ1) is 13.2. The number of halogens is 2. The van der Waals surface area contributed by atoms with Crippen LogP contribution in [-0.2, 0) is 0 Å². The summed E-state index contributed by atoms with van der Waals surface area (Å²) in [6, 6.07) is 16.9. The van der Waals surface area contributed by atoms with Crippen LogP contribution in [0.5, 0.6) is 0 Å². The standard InChI is InChI=1S/C16H12BrClS/c1-10-14(9-15(17)19-10)16(18)13-7-6-11-4-2-3-5-12(11)8-13/h2-9,16H,1H3. The highest BCUT2D eigenvalue weighted by molar-refractivity contribution is 9.11. The fourth-order valence-corrected chi connectivity index (χ4v) is 4.43. The van der Waals surface area contributed by atoms with Crippen LogP contribution in [0.25, 0.3) is 10.8 Å². The third-order valence-corrected chi connectivity index (χ3v) is 5.32. The Morgan fingerprint density at radius 1 is 1.05 bits per heavy atom. The molecular weight excluding hydrogens is 340 g/mol. The highest BCUT2D eigenvalue weighted by Crippen LogP contribution is 2.38. The average Bonchev–Trinajstić information content (AvgIpc) is 2.76. The van der Waals surface area contributed by atoms with Gasteiger partial charge in [0, 0.05) is 4.88 Å². The van der Waals surface area contributed by atoms with Crippen LogP contribution in [0.1, 0.15) is 21.4 Å². The smallest absolute Gasteiger partial charge is 0.0846 e. The SMILES string of the molecule is Cc1sc(Br)cc1C(Cl)c1ccc2ccccc2c1. The summed E-state index contributed by atoms with van der Waals surface area (Å²) < 4.78 is 1.13. The van der Waals surface area contributed by atoms with Gasteiger partial charge in [0.25, 0.3) is 0 Å². The molecule has 3 aromatic rings. The van der Waals surface area contributed by atoms with E-state index in [1.807, 2.05) is 0 Å². The third-order valence-electron chi connectivity index (χ3n) is 3.27. The number of fused-ring (bicyclic) bond motifs is 1. The van der Waals surface area contributed by atoms with Gasteiger partial charge in [-0.25, -0.2) is 0 Å². The predicted octanol–water partition coefficient (Wildman–Crippen LogP) is 6.30. The van der Waals surface area contributed by atoms with Crippen molar-refractivity contribution in [3.8, 4) is 0 Å². The van der Waals surface area contributed by atoms with Crippen molar-refractivity contribution in [1.82, 2.24) is 0 Å². The molecule has 0 aliphatic carbocycles. The molecule has 2 aromatic carbocycles. The third kappa shape index (κ3) is 2.58. The van der Waals surface area contributed by atoms with Gasteiger partial charge in [-0.2, -0.15) is 0 Å². The Morgan fingerprint density at radius 3 is 2.47 bits per heavy atom. The van der Waals surface area contributed by atoms with Gasteiger partial charge in [0.05, 0.1) is 9.16 Å². The lowest BCUT2D eigenvalue weighted by Crippen LogP contribution is -1.93. The van der Waals surface area contributed by atoms with Crippen LogP contribution in [0.15, 0.2) is 52.3 Å². The molecule has 3 heteroatoms. The van der Waals surface area contributed by atoms with Gasteiger partial charge in [0.15, 0.2) is 0 Å². The number of hydrogen-bond acceptors (Lipinski definition) is 1. The second-order valence-corrected chi connectivity index (χ2v) is 7.60. The van der Waals surface area contributed by atoms with E-state index < -0.39 is 0 Å². The zero-order valence-corrected chi connectivity index (χ0v) is 13.5. The van der Waals surface area contributed by atoms with Gasteiger partial charge in [-0.3, -0.25) is 0 Å². The molecule has 96 valence electrons. The van der Waals surface area contributed by atoms with E-state index in [0.29, 0.717) is 0 Å². The predicted molar refractivity (Wildman–Crippen MR) is 88.4 cm³/mol. The number of alkyl halides is 1. The average molecular weight is 352 g/mol. The molecule has 0 aliphatic heterocycles. The van der Waals surface area contributed by atoms with E-state index in [4.69, 9.17) is 11.6 Å². The topological polar surface area (TPSA) is 0 Å². The molecule has 0 N–H and O–H groups in total. The van der Waals surface area contributed by atoms with Crippen molar-refractivity contribution in [3.05, 3.63) is 68.3 Å². The van der Waals surface area contributed by atoms with Crippen LogP contribution in [0.2, 0.25) is 0 Å². The Balaban J connectivity index is 2.06. The summed E-state index contributed by atoms with van der Waals surface area (Å²) in [5.74, 6) is 0. The van der Waals surface area contributed by atoms with Gasteiger partial charge in [0.2, 0.25) is 0 Å². The maximum atomic E-state index is 6.64. The van der Waals surface area contributed by atoms with Crippen molar-refractivity contribution >= 4 is 49.6 Å². The van der Waals surface area contributed by atoms with Crippen molar-refractivity contribution in [1.29, 1.82) is 0 Å². The van der Waals surface area contributed by atoms with Gasteiger partial charge in [-0.05, 0) is 56.9 Å². The molecule has 1 unspecified atom stereocenters. The number of benzene rings is 2. The minimum atomic E-state index is -0.0906. The molecule has 1 aromatic heterocycles. The van der Waals surface area contributed by atoms with Gasteiger partial charge >= 0.3 is 0 Å². The second-order valence-electron chi connectivity index (χ2n) is 4.53. The summed E-state index contributed by atoms with van der Waals surface area (Å²) in [7, 11) is 0. The second kappa shape index (κ2) is 5.28. The first-order valence-electron chi connectivity index (χ1n) is 6.04. The van der Waals surface area contributed by atoms with E-state index >= 15 is 0 Å². The molecule has 0 bridgehead atoms. The molecule has 0 amide bonds. The molecule has 0 nitrogen and oxygen atoms in total. The maximum absolute atomic E-state index is 6.64. The minimum Gasteiger partial charge on any atom is -0.133 e. The Morgan fingerprint density at radius 2 is 1.79 bits per heavy atom. The summed E-state index contributed by atoms with van der Waals surface area (Å²) in [5, 5.41) is 2.39. The van der Waals surface area contributed by atoms with Crippen molar-refractivity contribution in [2.24, 2.45) is 0 Å². The fourth-order valence-electron chi connectivity index (χ4n) is 2.26. The van der Waals surface area contributed by atoms with E-state index in [-0.39, 0.29) is 5.38 Å². The van der Waals surface area contributed by atoms with Crippen molar-refractivity contribution in [2.75, 3.05) is 0 Å². The number of aryl methyl sites for hydroxylation is 1. The summed E-state index contributed by atoms with van der Waals surface area (Å²) in [6.45, 7) is 2.11. The molecule has 0 saturated heterocycles. The summed E-state index contributed by atoms with van der Waals surface area (Å²) in [4.78, 5) is 1.26. The molecule has 0 saturated carbocycles. The van der Waals surface area contributed by atoms with Crippen LogP contribution >= 0.6 is 38.9 Å². The van der Waals surface area contributed by atoms with E-state index in [1.165, 1.54) is 21.2 Å².